The molecule has 1 N–H and O–H groups in total. The van der Waals surface area contributed by atoms with E-state index < -0.39 is 0 Å². The molecule has 0 radical (unpaired) electrons. The van der Waals surface area contributed by atoms with Crippen LogP contribution in [0.3, 0.4) is 0 Å². The standard InChI is InChI=1S/C25H24N2O4/c1-14-22-23(18-10-9-17(29-2)13-21(18)30-3)24-19(26-25(22)31-27-14)11-16(12-20(24)28)15-7-5-4-6-8-15/h4-10,13,16,23,26H,11-12H2,1-3H3/t16-,23-/m1/s1. The van der Waals surface area contributed by atoms with Crippen LogP contribution in [-0.2, 0) is 4.79 Å². The molecule has 2 heterocycles. The minimum Gasteiger partial charge on any atom is -0.497 e. The first-order chi connectivity index (χ1) is 15.1. The summed E-state index contributed by atoms with van der Waals surface area (Å²) in [7, 11) is 3.25. The summed E-state index contributed by atoms with van der Waals surface area (Å²) in [5, 5.41) is 7.56. The molecule has 5 rings (SSSR count). The van der Waals surface area contributed by atoms with Crippen molar-refractivity contribution in [2.24, 2.45) is 0 Å². The average molecular weight is 416 g/mol. The van der Waals surface area contributed by atoms with Crippen LogP contribution in [0.5, 0.6) is 11.5 Å². The molecule has 0 spiro atoms. The Balaban J connectivity index is 1.66. The Morgan fingerprint density at radius 3 is 2.61 bits per heavy atom. The Morgan fingerprint density at radius 2 is 1.87 bits per heavy atom. The number of aryl methyl sites for hydroxylation is 1. The van der Waals surface area contributed by atoms with Gasteiger partial charge >= 0.3 is 0 Å². The fourth-order valence-electron chi connectivity index (χ4n) is 4.80. The predicted octanol–water partition coefficient (Wildman–Crippen LogP) is 4.96. The van der Waals surface area contributed by atoms with Crippen molar-refractivity contribution in [3.63, 3.8) is 0 Å². The van der Waals surface area contributed by atoms with E-state index >= 15 is 0 Å². The third-order valence-corrected chi connectivity index (χ3v) is 6.28. The van der Waals surface area contributed by atoms with E-state index in [1.54, 1.807) is 14.2 Å². The van der Waals surface area contributed by atoms with Crippen LogP contribution in [0.1, 0.15) is 47.1 Å². The van der Waals surface area contributed by atoms with Gasteiger partial charge < -0.3 is 19.3 Å². The Labute approximate surface area is 180 Å². The maximum absolute atomic E-state index is 13.5. The second-order valence-corrected chi connectivity index (χ2v) is 8.01. The number of carbonyl (C=O) groups excluding carboxylic acids is 1. The molecular weight excluding hydrogens is 392 g/mol. The molecule has 2 atom stereocenters. The van der Waals surface area contributed by atoms with E-state index in [-0.39, 0.29) is 17.6 Å². The molecule has 1 aliphatic heterocycles. The molecule has 0 bridgehead atoms. The molecule has 1 aromatic heterocycles. The summed E-state index contributed by atoms with van der Waals surface area (Å²) in [6, 6.07) is 15.9. The monoisotopic (exact) mass is 416 g/mol. The Morgan fingerprint density at radius 1 is 1.06 bits per heavy atom. The van der Waals surface area contributed by atoms with Crippen LogP contribution in [0.2, 0.25) is 0 Å². The van der Waals surface area contributed by atoms with Gasteiger partial charge in [0.1, 0.15) is 11.5 Å². The second-order valence-electron chi connectivity index (χ2n) is 8.01. The highest BCUT2D eigenvalue weighted by atomic mass is 16.5. The number of rotatable bonds is 4. The van der Waals surface area contributed by atoms with Crippen molar-refractivity contribution in [3.8, 4) is 11.5 Å². The first kappa shape index (κ1) is 19.4. The summed E-state index contributed by atoms with van der Waals surface area (Å²) in [5.41, 5.74) is 5.38. The van der Waals surface area contributed by atoms with Crippen LogP contribution in [0.4, 0.5) is 5.88 Å². The predicted molar refractivity (Wildman–Crippen MR) is 117 cm³/mol. The SMILES string of the molecule is COc1ccc([C@H]2C3=C(C[C@@H](c4ccccc4)CC3=O)Nc3onc(C)c32)c(OC)c1. The average Bonchev–Trinajstić information content (AvgIpc) is 3.18. The summed E-state index contributed by atoms with van der Waals surface area (Å²) < 4.78 is 16.7. The first-order valence-corrected chi connectivity index (χ1v) is 10.4. The van der Waals surface area contributed by atoms with E-state index in [0.29, 0.717) is 23.8 Å². The zero-order valence-corrected chi connectivity index (χ0v) is 17.8. The van der Waals surface area contributed by atoms with E-state index in [2.05, 4.69) is 22.6 Å². The Kier molecular flexibility index (Phi) is 4.77. The maximum atomic E-state index is 13.5. The summed E-state index contributed by atoms with van der Waals surface area (Å²) in [4.78, 5) is 13.5. The molecule has 0 amide bonds. The third kappa shape index (κ3) is 3.19. The van der Waals surface area contributed by atoms with Gasteiger partial charge in [-0.2, -0.15) is 0 Å². The maximum Gasteiger partial charge on any atom is 0.233 e. The summed E-state index contributed by atoms with van der Waals surface area (Å²) >= 11 is 0. The van der Waals surface area contributed by atoms with Gasteiger partial charge in [-0.3, -0.25) is 4.79 Å². The third-order valence-electron chi connectivity index (χ3n) is 6.28. The van der Waals surface area contributed by atoms with Crippen LogP contribution in [0.15, 0.2) is 64.3 Å². The largest absolute Gasteiger partial charge is 0.497 e. The molecule has 31 heavy (non-hydrogen) atoms. The molecular formula is C25H24N2O4. The van der Waals surface area contributed by atoms with Gasteiger partial charge in [-0.15, -0.1) is 0 Å². The van der Waals surface area contributed by atoms with Gasteiger partial charge in [0.15, 0.2) is 5.78 Å². The quantitative estimate of drug-likeness (QED) is 0.648. The summed E-state index contributed by atoms with van der Waals surface area (Å²) in [5.74, 6) is 1.93. The van der Waals surface area contributed by atoms with Gasteiger partial charge in [0.05, 0.1) is 31.4 Å². The highest BCUT2D eigenvalue weighted by molar-refractivity contribution is 6.01. The number of ketones is 1. The molecule has 0 fully saturated rings. The van der Waals surface area contributed by atoms with Gasteiger partial charge in [0.2, 0.25) is 5.88 Å². The van der Waals surface area contributed by atoms with Crippen LogP contribution in [-0.4, -0.2) is 25.2 Å². The minimum atomic E-state index is -0.303. The van der Waals surface area contributed by atoms with Crippen LogP contribution < -0.4 is 14.8 Å². The normalized spacial score (nSPS) is 20.0. The number of benzene rings is 2. The number of nitrogens with zero attached hydrogens (tertiary/aromatic N) is 1. The fourth-order valence-corrected chi connectivity index (χ4v) is 4.80. The number of ether oxygens (including phenoxy) is 2. The number of aromatic nitrogens is 1. The zero-order valence-electron chi connectivity index (χ0n) is 17.8. The molecule has 0 unspecified atom stereocenters. The summed E-state index contributed by atoms with van der Waals surface area (Å²) in [6.45, 7) is 1.90. The molecule has 158 valence electrons. The van der Waals surface area contributed by atoms with Crippen molar-refractivity contribution >= 4 is 11.7 Å². The highest BCUT2D eigenvalue weighted by Crippen LogP contribution is 2.51. The van der Waals surface area contributed by atoms with Gasteiger partial charge in [-0.05, 0) is 30.9 Å². The minimum absolute atomic E-state index is 0.129. The van der Waals surface area contributed by atoms with Crippen LogP contribution in [0, 0.1) is 6.92 Å². The van der Waals surface area contributed by atoms with Gasteiger partial charge in [0.25, 0.3) is 0 Å². The number of nitrogens with one attached hydrogen (secondary N) is 1. The second kappa shape index (κ2) is 7.61. The number of methoxy groups -OCH3 is 2. The number of Topliss-reactive ketones (excluding diaryl/α,β-unsaturated/α-hetero) is 1. The van der Waals surface area contributed by atoms with Gasteiger partial charge in [-0.1, -0.05) is 41.6 Å². The number of carbonyl (C=O) groups is 1. The Bertz CT molecular complexity index is 1180. The highest BCUT2D eigenvalue weighted by Gasteiger charge is 2.42. The van der Waals surface area contributed by atoms with Crippen molar-refractivity contribution in [1.29, 1.82) is 0 Å². The number of hydrogen-bond acceptors (Lipinski definition) is 6. The molecule has 6 nitrogen and oxygen atoms in total. The molecule has 1 aliphatic carbocycles. The molecule has 6 heteroatoms. The lowest BCUT2D eigenvalue weighted by Crippen LogP contribution is -2.29. The first-order valence-electron chi connectivity index (χ1n) is 10.4. The lowest BCUT2D eigenvalue weighted by atomic mass is 9.72. The molecule has 0 saturated heterocycles. The van der Waals surface area contributed by atoms with Crippen molar-refractivity contribution in [2.45, 2.75) is 31.6 Å². The summed E-state index contributed by atoms with van der Waals surface area (Å²) in [6.07, 6.45) is 1.21. The van der Waals surface area contributed by atoms with Crippen molar-refractivity contribution in [2.75, 3.05) is 19.5 Å². The number of hydrogen-bond donors (Lipinski definition) is 1. The molecule has 2 aromatic carbocycles. The smallest absolute Gasteiger partial charge is 0.233 e. The van der Waals surface area contributed by atoms with Gasteiger partial charge in [-0.25, -0.2) is 0 Å². The van der Waals surface area contributed by atoms with Crippen LogP contribution >= 0.6 is 0 Å². The number of fused-ring (bicyclic) bond motifs is 1. The van der Waals surface area contributed by atoms with E-state index in [9.17, 15) is 4.79 Å². The number of anilines is 1. The van der Waals surface area contributed by atoms with E-state index in [0.717, 1.165) is 34.5 Å². The van der Waals surface area contributed by atoms with E-state index in [4.69, 9.17) is 14.0 Å². The van der Waals surface area contributed by atoms with E-state index in [1.807, 2.05) is 43.3 Å². The Hall–Kier alpha value is -3.54. The van der Waals surface area contributed by atoms with Crippen LogP contribution in [0.25, 0.3) is 0 Å². The van der Waals surface area contributed by atoms with Crippen molar-refractivity contribution in [1.82, 2.24) is 5.16 Å². The lowest BCUT2D eigenvalue weighted by Gasteiger charge is -2.35. The van der Waals surface area contributed by atoms with Gasteiger partial charge in [0, 0.05) is 29.3 Å². The van der Waals surface area contributed by atoms with E-state index in [1.165, 1.54) is 5.56 Å². The topological polar surface area (TPSA) is 73.6 Å². The molecule has 0 saturated carbocycles. The molecule has 3 aromatic rings. The molecule has 2 aliphatic rings. The number of allylic oxidation sites excluding steroid dienone is 2. The fraction of sp³-hybridized carbons (Fsp3) is 0.280. The lowest BCUT2D eigenvalue weighted by molar-refractivity contribution is -0.116. The zero-order chi connectivity index (χ0) is 21.5. The van der Waals surface area contributed by atoms with Crippen molar-refractivity contribution in [3.05, 3.63) is 82.2 Å². The van der Waals surface area contributed by atoms with Crippen molar-refractivity contribution < 1.29 is 18.8 Å².